The van der Waals surface area contributed by atoms with E-state index < -0.39 is 18.0 Å². The van der Waals surface area contributed by atoms with Gasteiger partial charge in [-0.3, -0.25) is 14.6 Å². The Morgan fingerprint density at radius 3 is 2.14 bits per heavy atom. The molecule has 194 valence electrons. The van der Waals surface area contributed by atoms with Crippen LogP contribution in [-0.4, -0.2) is 28.8 Å². The first kappa shape index (κ1) is 27.8. The van der Waals surface area contributed by atoms with Crippen LogP contribution in [0.15, 0.2) is 66.9 Å². The van der Waals surface area contributed by atoms with Crippen LogP contribution in [0.4, 0.5) is 0 Å². The van der Waals surface area contributed by atoms with Crippen LogP contribution >= 0.6 is 0 Å². The summed E-state index contributed by atoms with van der Waals surface area (Å²) >= 11 is 0. The van der Waals surface area contributed by atoms with Crippen molar-refractivity contribution >= 4 is 17.7 Å². The zero-order valence-corrected chi connectivity index (χ0v) is 21.9. The molecular weight excluding hydrogens is 466 g/mol. The second-order valence-electron chi connectivity index (χ2n) is 9.10. The van der Waals surface area contributed by atoms with E-state index >= 15 is 0 Å². The molecule has 0 spiro atoms. The summed E-state index contributed by atoms with van der Waals surface area (Å²) in [5.41, 5.74) is 3.80. The van der Waals surface area contributed by atoms with Crippen molar-refractivity contribution in [3.8, 4) is 17.0 Å². The number of hydrogen-bond acceptors (Lipinski definition) is 6. The number of Topliss-reactive ketones (excluding diaryl/α,β-unsaturated/α-hetero) is 1. The molecule has 2 aromatic carbocycles. The van der Waals surface area contributed by atoms with Gasteiger partial charge in [-0.15, -0.1) is 0 Å². The Balaban J connectivity index is 1.55. The molecule has 37 heavy (non-hydrogen) atoms. The summed E-state index contributed by atoms with van der Waals surface area (Å²) in [6.45, 7) is 5.63. The molecule has 0 aliphatic rings. The number of rotatable bonds is 13. The van der Waals surface area contributed by atoms with Crippen molar-refractivity contribution in [1.82, 2.24) is 4.98 Å². The minimum Gasteiger partial charge on any atom is -0.454 e. The van der Waals surface area contributed by atoms with Crippen LogP contribution in [0.5, 0.6) is 5.75 Å². The van der Waals surface area contributed by atoms with Gasteiger partial charge in [0.1, 0.15) is 5.75 Å². The summed E-state index contributed by atoms with van der Waals surface area (Å²) in [6, 6.07) is 17.4. The number of ketones is 1. The number of nitrogens with zero attached hydrogens (tertiary/aromatic N) is 1. The van der Waals surface area contributed by atoms with Gasteiger partial charge in [0.2, 0.25) is 5.78 Å². The van der Waals surface area contributed by atoms with Crippen LogP contribution in [0.25, 0.3) is 11.3 Å². The van der Waals surface area contributed by atoms with Crippen LogP contribution in [0.2, 0.25) is 0 Å². The van der Waals surface area contributed by atoms with E-state index in [1.807, 2.05) is 31.3 Å². The third kappa shape index (κ3) is 8.38. The largest absolute Gasteiger partial charge is 0.454 e. The molecule has 6 heteroatoms. The number of hydrogen-bond donors (Lipinski definition) is 0. The molecule has 0 N–H and O–H groups in total. The van der Waals surface area contributed by atoms with Crippen LogP contribution < -0.4 is 4.74 Å². The summed E-state index contributed by atoms with van der Waals surface area (Å²) in [5, 5.41) is 0. The monoisotopic (exact) mass is 501 g/mol. The summed E-state index contributed by atoms with van der Waals surface area (Å²) < 4.78 is 10.6. The maximum absolute atomic E-state index is 12.6. The number of benzene rings is 2. The van der Waals surface area contributed by atoms with E-state index in [4.69, 9.17) is 9.47 Å². The van der Waals surface area contributed by atoms with Crippen molar-refractivity contribution in [3.05, 3.63) is 83.6 Å². The normalized spacial score (nSPS) is 11.5. The van der Waals surface area contributed by atoms with Crippen molar-refractivity contribution in [2.45, 2.75) is 71.8 Å². The molecule has 0 amide bonds. The Bertz CT molecular complexity index is 1170. The Hall–Kier alpha value is -3.80. The fourth-order valence-electron chi connectivity index (χ4n) is 3.88. The lowest BCUT2D eigenvalue weighted by atomic mass is 10.1. The fraction of sp³-hybridized carbons (Fsp3) is 0.355. The average Bonchev–Trinajstić information content (AvgIpc) is 2.91. The van der Waals surface area contributed by atoms with Crippen molar-refractivity contribution in [1.29, 1.82) is 0 Å². The van der Waals surface area contributed by atoms with Crippen molar-refractivity contribution in [3.63, 3.8) is 0 Å². The molecule has 0 radical (unpaired) electrons. The number of carbonyl (C=O) groups excluding carboxylic acids is 3. The topological polar surface area (TPSA) is 82.6 Å². The Morgan fingerprint density at radius 2 is 1.51 bits per heavy atom. The Labute approximate surface area is 219 Å². The van der Waals surface area contributed by atoms with E-state index in [9.17, 15) is 14.4 Å². The molecule has 0 aliphatic heterocycles. The van der Waals surface area contributed by atoms with Crippen LogP contribution in [-0.2, 0) is 16.0 Å². The summed E-state index contributed by atoms with van der Waals surface area (Å²) in [5.74, 6) is -0.887. The molecule has 3 rings (SSSR count). The number of carbonyl (C=O) groups is 3. The summed E-state index contributed by atoms with van der Waals surface area (Å²) in [7, 11) is 0. The highest BCUT2D eigenvalue weighted by Crippen LogP contribution is 2.21. The molecule has 1 aromatic heterocycles. The van der Waals surface area contributed by atoms with E-state index in [1.54, 1.807) is 43.3 Å². The number of aromatic nitrogens is 1. The van der Waals surface area contributed by atoms with Gasteiger partial charge in [-0.25, -0.2) is 4.79 Å². The molecule has 0 bridgehead atoms. The highest BCUT2D eigenvalue weighted by atomic mass is 16.5. The molecular formula is C31H35NO5. The second kappa shape index (κ2) is 14.1. The minimum absolute atomic E-state index is 0.273. The van der Waals surface area contributed by atoms with Crippen molar-refractivity contribution < 1.29 is 23.9 Å². The van der Waals surface area contributed by atoms with E-state index in [1.165, 1.54) is 31.2 Å². The zero-order chi connectivity index (χ0) is 26.6. The standard InChI is InChI=1S/C31H35NO5/c1-4-6-7-8-10-23-11-20-28(32-21-23)24-12-14-26(15-13-24)31(35)37-27-18-16-25(17-19-27)30(34)22(3)36-29(33)9-5-2/h11-22H,4-10H2,1-3H3. The third-order valence-electron chi connectivity index (χ3n) is 6.04. The maximum atomic E-state index is 12.6. The van der Waals surface area contributed by atoms with Crippen molar-refractivity contribution in [2.75, 3.05) is 0 Å². The molecule has 1 heterocycles. The van der Waals surface area contributed by atoms with Gasteiger partial charge in [-0.1, -0.05) is 51.3 Å². The number of esters is 2. The van der Waals surface area contributed by atoms with Crippen LogP contribution in [0.3, 0.4) is 0 Å². The van der Waals surface area contributed by atoms with Gasteiger partial charge in [-0.2, -0.15) is 0 Å². The molecule has 0 fully saturated rings. The lowest BCUT2D eigenvalue weighted by Crippen LogP contribution is -2.24. The summed E-state index contributed by atoms with van der Waals surface area (Å²) in [4.78, 5) is 41.3. The molecule has 6 nitrogen and oxygen atoms in total. The van der Waals surface area contributed by atoms with Gasteiger partial charge >= 0.3 is 11.9 Å². The number of ether oxygens (including phenoxy) is 2. The van der Waals surface area contributed by atoms with Gasteiger partial charge in [0.05, 0.1) is 11.3 Å². The van der Waals surface area contributed by atoms with E-state index in [-0.39, 0.29) is 12.2 Å². The first-order valence-corrected chi connectivity index (χ1v) is 13.0. The van der Waals surface area contributed by atoms with Crippen LogP contribution in [0, 0.1) is 0 Å². The van der Waals surface area contributed by atoms with Crippen molar-refractivity contribution in [2.24, 2.45) is 0 Å². The van der Waals surface area contributed by atoms with E-state index in [0.717, 1.165) is 17.7 Å². The Morgan fingerprint density at radius 1 is 0.811 bits per heavy atom. The lowest BCUT2D eigenvalue weighted by Gasteiger charge is -2.12. The highest BCUT2D eigenvalue weighted by Gasteiger charge is 2.19. The molecule has 0 saturated carbocycles. The maximum Gasteiger partial charge on any atom is 0.343 e. The average molecular weight is 502 g/mol. The highest BCUT2D eigenvalue weighted by molar-refractivity contribution is 6.00. The van der Waals surface area contributed by atoms with Gasteiger partial charge < -0.3 is 9.47 Å². The van der Waals surface area contributed by atoms with Gasteiger partial charge in [0.15, 0.2) is 6.10 Å². The molecule has 0 aliphatic carbocycles. The predicted octanol–water partition coefficient (Wildman–Crippen LogP) is 7.01. The smallest absolute Gasteiger partial charge is 0.343 e. The first-order valence-electron chi connectivity index (χ1n) is 13.0. The molecule has 0 saturated heterocycles. The Kier molecular flexibility index (Phi) is 10.6. The minimum atomic E-state index is -0.873. The van der Waals surface area contributed by atoms with E-state index in [2.05, 4.69) is 18.0 Å². The van der Waals surface area contributed by atoms with Gasteiger partial charge in [0.25, 0.3) is 0 Å². The number of aryl methyl sites for hydroxylation is 1. The summed E-state index contributed by atoms with van der Waals surface area (Å²) in [6.07, 6.45) is 7.94. The quantitative estimate of drug-likeness (QED) is 0.108. The third-order valence-corrected chi connectivity index (χ3v) is 6.04. The molecule has 1 atom stereocenters. The first-order chi connectivity index (χ1) is 17.9. The SMILES string of the molecule is CCCCCCc1ccc(-c2ccc(C(=O)Oc3ccc(C(=O)C(C)OC(=O)CCC)cc3)cc2)nc1. The molecule has 1 unspecified atom stereocenters. The molecule has 3 aromatic rings. The van der Waals surface area contributed by atoms with Gasteiger partial charge in [0, 0.05) is 23.7 Å². The fourth-order valence-corrected chi connectivity index (χ4v) is 3.88. The second-order valence-corrected chi connectivity index (χ2v) is 9.10. The van der Waals surface area contributed by atoms with Gasteiger partial charge in [-0.05, 0) is 74.2 Å². The lowest BCUT2D eigenvalue weighted by molar-refractivity contribution is -0.146. The predicted molar refractivity (Wildman–Crippen MR) is 144 cm³/mol. The number of unbranched alkanes of at least 4 members (excludes halogenated alkanes) is 3. The van der Waals surface area contributed by atoms with Crippen LogP contribution in [0.1, 0.15) is 85.6 Å². The zero-order valence-electron chi connectivity index (χ0n) is 21.9. The van der Waals surface area contributed by atoms with E-state index in [0.29, 0.717) is 23.3 Å². The number of pyridine rings is 1.